The molecule has 0 aliphatic heterocycles. The first-order chi connectivity index (χ1) is 13.2. The maximum atomic E-state index is 12.8. The topological polar surface area (TPSA) is 75.7 Å². The summed E-state index contributed by atoms with van der Waals surface area (Å²) < 4.78 is 45.4. The number of halogens is 1. The summed E-state index contributed by atoms with van der Waals surface area (Å²) in [6.45, 7) is 4.36. The molecule has 0 aromatic heterocycles. The normalized spacial score (nSPS) is 11.3. The van der Waals surface area contributed by atoms with Crippen molar-refractivity contribution in [2.75, 3.05) is 26.7 Å². The smallest absolute Gasteiger partial charge is 0.240 e. The second kappa shape index (κ2) is 9.66. The molecule has 0 unspecified atom stereocenters. The van der Waals surface area contributed by atoms with Crippen LogP contribution in [0, 0.1) is 19.7 Å². The van der Waals surface area contributed by atoms with Gasteiger partial charge in [0.2, 0.25) is 15.9 Å². The lowest BCUT2D eigenvalue weighted by Gasteiger charge is -2.17. The zero-order chi connectivity index (χ0) is 20.7. The van der Waals surface area contributed by atoms with Gasteiger partial charge in [-0.2, -0.15) is 0 Å². The van der Waals surface area contributed by atoms with Crippen molar-refractivity contribution >= 4 is 15.9 Å². The van der Waals surface area contributed by atoms with E-state index in [0.29, 0.717) is 12.3 Å². The predicted molar refractivity (Wildman–Crippen MR) is 105 cm³/mol. The number of aryl methyl sites for hydroxylation is 2. The highest BCUT2D eigenvalue weighted by Crippen LogP contribution is 2.14. The molecule has 0 saturated carbocycles. The van der Waals surface area contributed by atoms with Crippen LogP contribution in [0.5, 0.6) is 5.75 Å². The number of ether oxygens (including phenoxy) is 1. The van der Waals surface area contributed by atoms with E-state index >= 15 is 0 Å². The van der Waals surface area contributed by atoms with Gasteiger partial charge in [-0.05, 0) is 61.4 Å². The van der Waals surface area contributed by atoms with E-state index < -0.39 is 10.0 Å². The summed E-state index contributed by atoms with van der Waals surface area (Å²) in [5.41, 5.74) is 1.90. The third-order valence-corrected chi connectivity index (χ3v) is 5.81. The van der Waals surface area contributed by atoms with Gasteiger partial charge >= 0.3 is 0 Å². The number of nitrogens with zero attached hydrogens (tertiary/aromatic N) is 1. The Labute approximate surface area is 165 Å². The van der Waals surface area contributed by atoms with Gasteiger partial charge in [0.1, 0.15) is 18.2 Å². The van der Waals surface area contributed by atoms with E-state index in [2.05, 4.69) is 4.72 Å². The quantitative estimate of drug-likeness (QED) is 0.692. The van der Waals surface area contributed by atoms with Crippen molar-refractivity contribution < 1.29 is 22.3 Å². The van der Waals surface area contributed by atoms with Crippen LogP contribution >= 0.6 is 0 Å². The molecule has 0 saturated heterocycles. The minimum absolute atomic E-state index is 0.0112. The van der Waals surface area contributed by atoms with Crippen LogP contribution in [0.2, 0.25) is 0 Å². The van der Waals surface area contributed by atoms with Crippen LogP contribution in [0.4, 0.5) is 4.39 Å². The summed E-state index contributed by atoms with van der Waals surface area (Å²) in [5.74, 6) is -0.0308. The molecule has 0 spiro atoms. The Morgan fingerprint density at radius 1 is 1.11 bits per heavy atom. The molecular formula is C20H25FN2O4S. The van der Waals surface area contributed by atoms with E-state index in [4.69, 9.17) is 4.74 Å². The van der Waals surface area contributed by atoms with Gasteiger partial charge < -0.3 is 9.64 Å². The number of hydrogen-bond acceptors (Lipinski definition) is 4. The van der Waals surface area contributed by atoms with Gasteiger partial charge in [0.05, 0.1) is 11.4 Å². The van der Waals surface area contributed by atoms with E-state index in [1.165, 1.54) is 29.2 Å². The first kappa shape index (κ1) is 21.8. The molecule has 28 heavy (non-hydrogen) atoms. The average molecular weight is 408 g/mol. The van der Waals surface area contributed by atoms with Gasteiger partial charge in [0.15, 0.2) is 0 Å². The Kier molecular flexibility index (Phi) is 7.53. The zero-order valence-electron chi connectivity index (χ0n) is 16.2. The Morgan fingerprint density at radius 3 is 2.43 bits per heavy atom. The first-order valence-electron chi connectivity index (χ1n) is 8.88. The summed E-state index contributed by atoms with van der Waals surface area (Å²) in [5, 5.41) is 0. The minimum atomic E-state index is -3.65. The van der Waals surface area contributed by atoms with Crippen LogP contribution < -0.4 is 9.46 Å². The third-order valence-electron chi connectivity index (χ3n) is 4.35. The molecule has 8 heteroatoms. The lowest BCUT2D eigenvalue weighted by Crippen LogP contribution is -2.34. The second-order valence-corrected chi connectivity index (χ2v) is 8.28. The fraction of sp³-hybridized carbons (Fsp3) is 0.350. The lowest BCUT2D eigenvalue weighted by atomic mass is 10.1. The van der Waals surface area contributed by atoms with E-state index in [0.717, 1.165) is 11.1 Å². The average Bonchev–Trinajstić information content (AvgIpc) is 2.65. The number of hydrogen-bond donors (Lipinski definition) is 1. The highest BCUT2D eigenvalue weighted by atomic mass is 32.2. The fourth-order valence-corrected chi connectivity index (χ4v) is 3.52. The summed E-state index contributed by atoms with van der Waals surface area (Å²) in [7, 11) is -2.03. The number of carbonyl (C=O) groups excluding carboxylic acids is 1. The van der Waals surface area contributed by atoms with Crippen LogP contribution in [0.1, 0.15) is 17.5 Å². The highest BCUT2D eigenvalue weighted by Gasteiger charge is 2.16. The number of carbonyl (C=O) groups is 1. The van der Waals surface area contributed by atoms with Gasteiger partial charge in [-0.1, -0.05) is 6.07 Å². The molecule has 0 aliphatic carbocycles. The molecule has 2 rings (SSSR count). The number of likely N-dealkylation sites (N-methyl/N-ethyl adjacent to an activating group) is 1. The number of nitrogens with one attached hydrogen (secondary N) is 1. The molecule has 0 bridgehead atoms. The predicted octanol–water partition coefficient (Wildman–Crippen LogP) is 2.65. The molecule has 1 amide bonds. The van der Waals surface area contributed by atoms with Crippen molar-refractivity contribution in [2.24, 2.45) is 0 Å². The maximum Gasteiger partial charge on any atom is 0.240 e. The van der Waals surface area contributed by atoms with Crippen LogP contribution in [0.3, 0.4) is 0 Å². The molecule has 152 valence electrons. The minimum Gasteiger partial charge on any atom is -0.492 e. The maximum absolute atomic E-state index is 12.8. The SMILES string of the molecule is Cc1ccc(S(=O)(=O)NCCC(=O)N(C)CCOc2ccc(F)cc2)cc1C. The van der Waals surface area contributed by atoms with Crippen LogP contribution in [0.15, 0.2) is 47.4 Å². The van der Waals surface area contributed by atoms with Gasteiger partial charge in [0.25, 0.3) is 0 Å². The molecule has 6 nitrogen and oxygen atoms in total. The van der Waals surface area contributed by atoms with Gasteiger partial charge in [-0.15, -0.1) is 0 Å². The molecule has 0 radical (unpaired) electrons. The number of sulfonamides is 1. The monoisotopic (exact) mass is 408 g/mol. The lowest BCUT2D eigenvalue weighted by molar-refractivity contribution is -0.130. The zero-order valence-corrected chi connectivity index (χ0v) is 17.1. The van der Waals surface area contributed by atoms with Gasteiger partial charge in [-0.3, -0.25) is 4.79 Å². The van der Waals surface area contributed by atoms with Gasteiger partial charge in [0, 0.05) is 20.0 Å². The van der Waals surface area contributed by atoms with Crippen molar-refractivity contribution in [2.45, 2.75) is 25.2 Å². The van der Waals surface area contributed by atoms with Crippen molar-refractivity contribution in [3.05, 3.63) is 59.4 Å². The van der Waals surface area contributed by atoms with E-state index in [1.54, 1.807) is 25.2 Å². The van der Waals surface area contributed by atoms with Crippen molar-refractivity contribution in [1.82, 2.24) is 9.62 Å². The van der Waals surface area contributed by atoms with Crippen LogP contribution in [-0.2, 0) is 14.8 Å². The number of benzene rings is 2. The van der Waals surface area contributed by atoms with E-state index in [-0.39, 0.29) is 36.2 Å². The molecule has 0 aliphatic rings. The Morgan fingerprint density at radius 2 is 1.79 bits per heavy atom. The van der Waals surface area contributed by atoms with Crippen LogP contribution in [-0.4, -0.2) is 46.0 Å². The van der Waals surface area contributed by atoms with Crippen molar-refractivity contribution in [3.63, 3.8) is 0 Å². The highest BCUT2D eigenvalue weighted by molar-refractivity contribution is 7.89. The third kappa shape index (κ3) is 6.31. The first-order valence-corrected chi connectivity index (χ1v) is 10.4. The summed E-state index contributed by atoms with van der Waals surface area (Å²) >= 11 is 0. The largest absolute Gasteiger partial charge is 0.492 e. The molecule has 0 atom stereocenters. The Bertz CT molecular complexity index is 914. The Hall–Kier alpha value is -2.45. The van der Waals surface area contributed by atoms with Gasteiger partial charge in [-0.25, -0.2) is 17.5 Å². The standard InChI is InChI=1S/C20H25FN2O4S/c1-15-4-9-19(14-16(15)2)28(25,26)22-11-10-20(24)23(3)12-13-27-18-7-5-17(21)6-8-18/h4-9,14,22H,10-13H2,1-3H3. The molecule has 1 N–H and O–H groups in total. The van der Waals surface area contributed by atoms with E-state index in [1.807, 2.05) is 13.8 Å². The molecule has 0 fully saturated rings. The second-order valence-electron chi connectivity index (χ2n) is 6.51. The van der Waals surface area contributed by atoms with E-state index in [9.17, 15) is 17.6 Å². The fourth-order valence-electron chi connectivity index (χ4n) is 2.40. The van der Waals surface area contributed by atoms with Crippen LogP contribution in [0.25, 0.3) is 0 Å². The molecule has 2 aromatic rings. The number of rotatable bonds is 9. The van der Waals surface area contributed by atoms with Crippen molar-refractivity contribution in [3.8, 4) is 5.75 Å². The molecule has 0 heterocycles. The Balaban J connectivity index is 1.76. The summed E-state index contributed by atoms with van der Waals surface area (Å²) in [6, 6.07) is 10.5. The number of amides is 1. The summed E-state index contributed by atoms with van der Waals surface area (Å²) in [6.07, 6.45) is 0.0388. The molecular weight excluding hydrogens is 383 g/mol. The van der Waals surface area contributed by atoms with Crippen molar-refractivity contribution in [1.29, 1.82) is 0 Å². The molecule has 2 aromatic carbocycles. The summed E-state index contributed by atoms with van der Waals surface area (Å²) in [4.78, 5) is 13.8.